The van der Waals surface area contributed by atoms with Crippen LogP contribution in [-0.4, -0.2) is 28.8 Å². The average molecular weight is 230 g/mol. The first-order chi connectivity index (χ1) is 7.08. The summed E-state index contributed by atoms with van der Waals surface area (Å²) in [6.45, 7) is 11.3. The summed E-state index contributed by atoms with van der Waals surface area (Å²) in [5.74, 6) is -0.0109. The van der Waals surface area contributed by atoms with E-state index in [9.17, 15) is 4.79 Å². The normalized spacial score (nSPS) is 15.2. The van der Waals surface area contributed by atoms with Crippen molar-refractivity contribution in [3.63, 3.8) is 0 Å². The summed E-state index contributed by atoms with van der Waals surface area (Å²) in [4.78, 5) is 15.7. The first kappa shape index (κ1) is 15.1. The molecular formula is C11H22N2O3. The maximum atomic E-state index is 12.1. The van der Waals surface area contributed by atoms with Crippen molar-refractivity contribution in [2.75, 3.05) is 0 Å². The van der Waals surface area contributed by atoms with Crippen LogP contribution in [0.15, 0.2) is 5.16 Å². The molecular weight excluding hydrogens is 208 g/mol. The third-order valence-electron chi connectivity index (χ3n) is 1.87. The molecule has 0 fully saturated rings. The summed E-state index contributed by atoms with van der Waals surface area (Å²) in [7, 11) is 0. The number of hydrogen-bond donors (Lipinski definition) is 2. The quantitative estimate of drug-likeness (QED) is 0.439. The van der Waals surface area contributed by atoms with Crippen LogP contribution in [0.3, 0.4) is 0 Å². The minimum atomic E-state index is -0.577. The smallest absolute Gasteiger partial charge is 0.160 e. The van der Waals surface area contributed by atoms with Crippen LogP contribution in [0.25, 0.3) is 0 Å². The van der Waals surface area contributed by atoms with Gasteiger partial charge in [0.15, 0.2) is 5.78 Å². The van der Waals surface area contributed by atoms with Crippen LogP contribution in [0.2, 0.25) is 0 Å². The number of nitrogens with zero attached hydrogens (tertiary/aromatic N) is 1. The van der Waals surface area contributed by atoms with Gasteiger partial charge in [-0.25, -0.2) is 4.99 Å². The molecule has 0 heterocycles. The van der Waals surface area contributed by atoms with Crippen molar-refractivity contribution in [3.8, 4) is 0 Å². The predicted molar refractivity (Wildman–Crippen MR) is 63.3 cm³/mol. The van der Waals surface area contributed by atoms with E-state index in [1.807, 2.05) is 41.5 Å². The zero-order valence-corrected chi connectivity index (χ0v) is 10.9. The van der Waals surface area contributed by atoms with E-state index < -0.39 is 11.5 Å². The Bertz CT molecular complexity index is 261. The number of rotatable bonds is 4. The van der Waals surface area contributed by atoms with E-state index in [0.29, 0.717) is 0 Å². The van der Waals surface area contributed by atoms with Crippen molar-refractivity contribution in [1.82, 2.24) is 5.32 Å². The molecule has 1 unspecified atom stereocenters. The van der Waals surface area contributed by atoms with E-state index in [0.717, 1.165) is 0 Å². The van der Waals surface area contributed by atoms with Crippen molar-refractivity contribution in [3.05, 3.63) is 0 Å². The molecule has 0 bridgehead atoms. The first-order valence-electron chi connectivity index (χ1n) is 5.24. The Hall–Kier alpha value is -0.940. The van der Waals surface area contributed by atoms with Gasteiger partial charge in [0.2, 0.25) is 0 Å². The molecule has 0 amide bonds. The molecule has 0 rings (SSSR count). The Morgan fingerprint density at radius 1 is 1.31 bits per heavy atom. The monoisotopic (exact) mass is 230 g/mol. The Morgan fingerprint density at radius 3 is 2.12 bits per heavy atom. The van der Waals surface area contributed by atoms with Crippen LogP contribution in [0.4, 0.5) is 0 Å². The van der Waals surface area contributed by atoms with Gasteiger partial charge in [-0.05, 0) is 20.8 Å². The molecule has 5 heteroatoms. The molecule has 0 aliphatic heterocycles. The standard InChI is InChI=1S/C11H22N2O3/c1-10(2,3)9(14)8(7-12-16-15)13-11(4,5)6/h7-8,13,15H,1-6H3. The minimum Gasteiger partial charge on any atom is -0.298 e. The molecule has 94 valence electrons. The minimum absolute atomic E-state index is 0.0109. The molecule has 0 aromatic heterocycles. The molecule has 16 heavy (non-hydrogen) atoms. The molecule has 0 saturated carbocycles. The zero-order chi connectivity index (χ0) is 13.0. The second kappa shape index (κ2) is 5.41. The molecule has 0 saturated heterocycles. The third kappa shape index (κ3) is 5.82. The highest BCUT2D eigenvalue weighted by Crippen LogP contribution is 2.17. The van der Waals surface area contributed by atoms with Crippen LogP contribution in [0, 0.1) is 5.41 Å². The van der Waals surface area contributed by atoms with Crippen molar-refractivity contribution in [2.45, 2.75) is 53.1 Å². The van der Waals surface area contributed by atoms with Gasteiger partial charge in [-0.3, -0.25) is 10.1 Å². The van der Waals surface area contributed by atoms with Crippen molar-refractivity contribution >= 4 is 12.0 Å². The number of carbonyl (C=O) groups excluding carboxylic acids is 1. The largest absolute Gasteiger partial charge is 0.298 e. The summed E-state index contributed by atoms with van der Waals surface area (Å²) in [5, 5.41) is 14.5. The van der Waals surface area contributed by atoms with Gasteiger partial charge in [0, 0.05) is 11.0 Å². The molecule has 0 aromatic rings. The molecule has 0 radical (unpaired) electrons. The van der Waals surface area contributed by atoms with E-state index in [-0.39, 0.29) is 11.3 Å². The molecule has 0 aromatic carbocycles. The van der Waals surface area contributed by atoms with Gasteiger partial charge in [-0.15, -0.1) is 0 Å². The highest BCUT2D eigenvalue weighted by atomic mass is 17.2. The van der Waals surface area contributed by atoms with Crippen molar-refractivity contribution in [2.24, 2.45) is 10.6 Å². The Balaban J connectivity index is 4.82. The Kier molecular flexibility index (Phi) is 5.09. The average Bonchev–Trinajstić information content (AvgIpc) is 2.07. The van der Waals surface area contributed by atoms with E-state index in [1.54, 1.807) is 0 Å². The maximum absolute atomic E-state index is 12.1. The fourth-order valence-corrected chi connectivity index (χ4v) is 1.19. The number of hydrogen-bond acceptors (Lipinski definition) is 5. The molecule has 0 spiro atoms. The lowest BCUT2D eigenvalue weighted by Crippen LogP contribution is -2.51. The maximum Gasteiger partial charge on any atom is 0.160 e. The predicted octanol–water partition coefficient (Wildman–Crippen LogP) is 1.83. The number of nitrogens with one attached hydrogen (secondary N) is 1. The van der Waals surface area contributed by atoms with Crippen molar-refractivity contribution in [1.29, 1.82) is 0 Å². The highest BCUT2D eigenvalue weighted by molar-refractivity contribution is 6.01. The van der Waals surface area contributed by atoms with Gasteiger partial charge in [0.05, 0.1) is 6.21 Å². The van der Waals surface area contributed by atoms with Crippen LogP contribution >= 0.6 is 0 Å². The summed E-state index contributed by atoms with van der Waals surface area (Å²) in [5.41, 5.74) is -0.711. The molecule has 2 N–H and O–H groups in total. The molecule has 1 atom stereocenters. The molecule has 5 nitrogen and oxygen atoms in total. The lowest BCUT2D eigenvalue weighted by atomic mass is 9.86. The molecule has 0 aliphatic rings. The summed E-state index contributed by atoms with van der Waals surface area (Å²) >= 11 is 0. The van der Waals surface area contributed by atoms with E-state index in [2.05, 4.69) is 15.5 Å². The van der Waals surface area contributed by atoms with E-state index in [1.165, 1.54) is 6.21 Å². The van der Waals surface area contributed by atoms with E-state index >= 15 is 0 Å². The summed E-state index contributed by atoms with van der Waals surface area (Å²) in [6.07, 6.45) is 1.26. The number of Topliss-reactive ketones (excluding diaryl/α,β-unsaturated/α-hetero) is 1. The number of oxime groups is 1. The van der Waals surface area contributed by atoms with Gasteiger partial charge < -0.3 is 0 Å². The Labute approximate surface area is 96.8 Å². The first-order valence-corrected chi connectivity index (χ1v) is 5.24. The zero-order valence-electron chi connectivity index (χ0n) is 10.9. The SMILES string of the molecule is CC(C)(C)NC(C=NOO)C(=O)C(C)(C)C. The van der Waals surface area contributed by atoms with E-state index in [4.69, 9.17) is 5.26 Å². The Morgan fingerprint density at radius 2 is 1.81 bits per heavy atom. The molecule has 0 aliphatic carbocycles. The third-order valence-corrected chi connectivity index (χ3v) is 1.87. The van der Waals surface area contributed by atoms with Gasteiger partial charge in [0.25, 0.3) is 0 Å². The van der Waals surface area contributed by atoms with Gasteiger partial charge >= 0.3 is 0 Å². The fraction of sp³-hybridized carbons (Fsp3) is 0.818. The lowest BCUT2D eigenvalue weighted by Gasteiger charge is -2.29. The summed E-state index contributed by atoms with van der Waals surface area (Å²) < 4.78 is 0. The number of ketones is 1. The second-order valence-corrected chi connectivity index (χ2v) is 5.82. The van der Waals surface area contributed by atoms with Crippen LogP contribution < -0.4 is 5.32 Å². The van der Waals surface area contributed by atoms with Gasteiger partial charge in [0.1, 0.15) is 6.04 Å². The van der Waals surface area contributed by atoms with Gasteiger partial charge in [-0.1, -0.05) is 25.9 Å². The topological polar surface area (TPSA) is 70.9 Å². The van der Waals surface area contributed by atoms with Crippen LogP contribution in [0.5, 0.6) is 0 Å². The number of carbonyl (C=O) groups is 1. The van der Waals surface area contributed by atoms with Crippen molar-refractivity contribution < 1.29 is 15.0 Å². The summed E-state index contributed by atoms with van der Waals surface area (Å²) in [6, 6.07) is -0.577. The highest BCUT2D eigenvalue weighted by Gasteiger charge is 2.31. The van der Waals surface area contributed by atoms with Gasteiger partial charge in [-0.2, -0.15) is 5.26 Å². The lowest BCUT2D eigenvalue weighted by molar-refractivity contribution is -0.242. The fourth-order valence-electron chi connectivity index (χ4n) is 1.19. The van der Waals surface area contributed by atoms with Crippen LogP contribution in [-0.2, 0) is 9.78 Å². The van der Waals surface area contributed by atoms with Crippen LogP contribution in [0.1, 0.15) is 41.5 Å². The second-order valence-electron chi connectivity index (χ2n) is 5.82.